The van der Waals surface area contributed by atoms with Gasteiger partial charge in [0.1, 0.15) is 5.84 Å². The quantitative estimate of drug-likeness (QED) is 0.877. The number of nitrogens with one attached hydrogen (secondary N) is 1. The van der Waals surface area contributed by atoms with Gasteiger partial charge in [0.15, 0.2) is 11.5 Å². The number of carbonyl (C=O) groups excluding carboxylic acids is 1. The van der Waals surface area contributed by atoms with Crippen LogP contribution in [0.1, 0.15) is 11.1 Å². The SMILES string of the molecule is COc1cc(/C=C2\SC(=O)NC2=Nc2ccccc2C)ccc1O. The fourth-order valence-electron chi connectivity index (χ4n) is 2.26. The van der Waals surface area contributed by atoms with Crippen LogP contribution in [0.4, 0.5) is 10.5 Å². The number of hydrogen-bond acceptors (Lipinski definition) is 5. The maximum Gasteiger partial charge on any atom is 0.289 e. The molecule has 1 aliphatic rings. The van der Waals surface area contributed by atoms with Gasteiger partial charge in [-0.25, -0.2) is 4.99 Å². The zero-order chi connectivity index (χ0) is 17.1. The van der Waals surface area contributed by atoms with Crippen LogP contribution in [0, 0.1) is 6.92 Å². The molecule has 0 aromatic heterocycles. The highest BCUT2D eigenvalue weighted by molar-refractivity contribution is 8.18. The molecule has 1 heterocycles. The fourth-order valence-corrected chi connectivity index (χ4v) is 2.99. The van der Waals surface area contributed by atoms with E-state index in [4.69, 9.17) is 4.74 Å². The molecule has 2 aromatic carbocycles. The second kappa shape index (κ2) is 6.80. The highest BCUT2D eigenvalue weighted by Crippen LogP contribution is 2.32. The summed E-state index contributed by atoms with van der Waals surface area (Å²) in [7, 11) is 1.49. The van der Waals surface area contributed by atoms with E-state index in [2.05, 4.69) is 10.3 Å². The van der Waals surface area contributed by atoms with Gasteiger partial charge >= 0.3 is 0 Å². The summed E-state index contributed by atoms with van der Waals surface area (Å²) >= 11 is 1.09. The first kappa shape index (κ1) is 16.1. The number of methoxy groups -OCH3 is 1. The predicted molar refractivity (Wildman–Crippen MR) is 97.0 cm³/mol. The Morgan fingerprint density at radius 3 is 2.79 bits per heavy atom. The smallest absolute Gasteiger partial charge is 0.289 e. The number of thioether (sulfide) groups is 1. The standard InChI is InChI=1S/C18H16N2O3S/c1-11-5-3-4-6-13(11)19-17-16(24-18(22)20-17)10-12-7-8-14(21)15(9-12)23-2/h3-10,21H,1-2H3,(H,19,20,22)/b16-10-. The zero-order valence-electron chi connectivity index (χ0n) is 13.2. The van der Waals surface area contributed by atoms with Crippen molar-refractivity contribution in [2.75, 3.05) is 7.11 Å². The van der Waals surface area contributed by atoms with E-state index in [9.17, 15) is 9.90 Å². The highest BCUT2D eigenvalue weighted by Gasteiger charge is 2.23. The molecule has 6 heteroatoms. The Kier molecular flexibility index (Phi) is 4.57. The lowest BCUT2D eigenvalue weighted by atomic mass is 10.2. The number of phenols is 1. The Bertz CT molecular complexity index is 859. The van der Waals surface area contributed by atoms with E-state index < -0.39 is 0 Å². The molecule has 2 N–H and O–H groups in total. The van der Waals surface area contributed by atoms with Crippen molar-refractivity contribution in [2.24, 2.45) is 4.99 Å². The van der Waals surface area contributed by atoms with Crippen LogP contribution in [0.15, 0.2) is 52.4 Å². The lowest BCUT2D eigenvalue weighted by molar-refractivity contribution is 0.265. The van der Waals surface area contributed by atoms with Crippen molar-refractivity contribution in [3.8, 4) is 11.5 Å². The largest absolute Gasteiger partial charge is 0.504 e. The number of benzene rings is 2. The molecule has 1 amide bonds. The van der Waals surface area contributed by atoms with Gasteiger partial charge in [-0.1, -0.05) is 24.3 Å². The second-order valence-electron chi connectivity index (χ2n) is 5.20. The molecule has 1 aliphatic heterocycles. The minimum absolute atomic E-state index is 0.0710. The Morgan fingerprint density at radius 2 is 2.04 bits per heavy atom. The first-order valence-corrected chi connectivity index (χ1v) is 8.10. The molecule has 24 heavy (non-hydrogen) atoms. The zero-order valence-corrected chi connectivity index (χ0v) is 14.1. The number of amidine groups is 1. The maximum atomic E-state index is 11.8. The van der Waals surface area contributed by atoms with Crippen LogP contribution in [-0.2, 0) is 0 Å². The number of phenolic OH excluding ortho intramolecular Hbond substituents is 1. The molecule has 0 aliphatic carbocycles. The lowest BCUT2D eigenvalue weighted by Crippen LogP contribution is -2.18. The number of amides is 1. The van der Waals surface area contributed by atoms with Gasteiger partial charge in [0, 0.05) is 0 Å². The van der Waals surface area contributed by atoms with Gasteiger partial charge in [0.25, 0.3) is 5.24 Å². The van der Waals surface area contributed by atoms with E-state index in [1.165, 1.54) is 7.11 Å². The Hall–Kier alpha value is -2.73. The number of carbonyl (C=O) groups is 1. The van der Waals surface area contributed by atoms with Gasteiger partial charge in [-0.2, -0.15) is 0 Å². The van der Waals surface area contributed by atoms with Crippen molar-refractivity contribution in [3.63, 3.8) is 0 Å². The number of aliphatic imine (C=N–C) groups is 1. The first-order valence-electron chi connectivity index (χ1n) is 7.29. The van der Waals surface area contributed by atoms with Crippen LogP contribution in [0.3, 0.4) is 0 Å². The van der Waals surface area contributed by atoms with E-state index in [1.54, 1.807) is 18.2 Å². The molecule has 0 unspecified atom stereocenters. The molecule has 3 rings (SSSR count). The van der Waals surface area contributed by atoms with Crippen LogP contribution in [0.25, 0.3) is 6.08 Å². The van der Waals surface area contributed by atoms with Gasteiger partial charge in [-0.3, -0.25) is 4.79 Å². The van der Waals surface area contributed by atoms with E-state index in [-0.39, 0.29) is 11.0 Å². The Morgan fingerprint density at radius 1 is 1.25 bits per heavy atom. The molecule has 2 aromatic rings. The summed E-state index contributed by atoms with van der Waals surface area (Å²) < 4.78 is 5.11. The van der Waals surface area contributed by atoms with Crippen LogP contribution in [-0.4, -0.2) is 23.3 Å². The number of rotatable bonds is 3. The number of ether oxygens (including phenoxy) is 1. The topological polar surface area (TPSA) is 70.9 Å². The summed E-state index contributed by atoms with van der Waals surface area (Å²) in [6, 6.07) is 12.7. The van der Waals surface area contributed by atoms with Crippen molar-refractivity contribution < 1.29 is 14.6 Å². The van der Waals surface area contributed by atoms with Crippen LogP contribution < -0.4 is 10.1 Å². The molecule has 1 fully saturated rings. The van der Waals surface area contributed by atoms with Crippen LogP contribution >= 0.6 is 11.8 Å². The second-order valence-corrected chi connectivity index (χ2v) is 6.22. The van der Waals surface area contributed by atoms with Crippen molar-refractivity contribution in [3.05, 3.63) is 58.5 Å². The van der Waals surface area contributed by atoms with Crippen LogP contribution in [0.5, 0.6) is 11.5 Å². The lowest BCUT2D eigenvalue weighted by Gasteiger charge is -2.05. The normalized spacial score (nSPS) is 17.3. The molecule has 122 valence electrons. The Labute approximate surface area is 144 Å². The molecular weight excluding hydrogens is 324 g/mol. The van der Waals surface area contributed by atoms with Gasteiger partial charge in [0.2, 0.25) is 0 Å². The van der Waals surface area contributed by atoms with Crippen molar-refractivity contribution in [1.29, 1.82) is 0 Å². The highest BCUT2D eigenvalue weighted by atomic mass is 32.2. The van der Waals surface area contributed by atoms with Crippen molar-refractivity contribution in [2.45, 2.75) is 6.92 Å². The summed E-state index contributed by atoms with van der Waals surface area (Å²) in [5.74, 6) is 0.970. The number of aryl methyl sites for hydroxylation is 1. The van der Waals surface area contributed by atoms with Crippen molar-refractivity contribution >= 4 is 34.6 Å². The monoisotopic (exact) mass is 340 g/mol. The molecule has 1 saturated heterocycles. The molecule has 0 bridgehead atoms. The van der Waals surface area contributed by atoms with E-state index in [1.807, 2.05) is 37.3 Å². The fraction of sp³-hybridized carbons (Fsp3) is 0.111. The molecule has 5 nitrogen and oxygen atoms in total. The minimum Gasteiger partial charge on any atom is -0.504 e. The third-order valence-corrected chi connectivity index (χ3v) is 4.32. The van der Waals surface area contributed by atoms with Gasteiger partial charge in [-0.05, 0) is 54.1 Å². The number of nitrogens with zero attached hydrogens (tertiary/aromatic N) is 1. The summed E-state index contributed by atoms with van der Waals surface area (Å²) in [6.07, 6.45) is 1.83. The van der Waals surface area contributed by atoms with Crippen molar-refractivity contribution in [1.82, 2.24) is 5.32 Å². The average Bonchev–Trinajstić information content (AvgIpc) is 2.90. The van der Waals surface area contributed by atoms with E-state index in [0.29, 0.717) is 11.6 Å². The minimum atomic E-state index is -0.167. The first-order chi connectivity index (χ1) is 11.6. The summed E-state index contributed by atoms with van der Waals surface area (Å²) in [4.78, 5) is 17.1. The summed E-state index contributed by atoms with van der Waals surface area (Å²) in [5.41, 5.74) is 2.65. The molecule has 0 spiro atoms. The molecular formula is C18H16N2O3S. The maximum absolute atomic E-state index is 11.8. The van der Waals surface area contributed by atoms with Gasteiger partial charge in [-0.15, -0.1) is 0 Å². The van der Waals surface area contributed by atoms with Gasteiger partial charge in [0.05, 0.1) is 17.7 Å². The van der Waals surface area contributed by atoms with Crippen LogP contribution in [0.2, 0.25) is 0 Å². The Balaban J connectivity index is 1.99. The van der Waals surface area contributed by atoms with Gasteiger partial charge < -0.3 is 15.2 Å². The van der Waals surface area contributed by atoms with E-state index >= 15 is 0 Å². The molecule has 0 saturated carbocycles. The average molecular weight is 340 g/mol. The third kappa shape index (κ3) is 3.44. The molecule has 0 atom stereocenters. The summed E-state index contributed by atoms with van der Waals surface area (Å²) in [5, 5.41) is 12.3. The predicted octanol–water partition coefficient (Wildman–Crippen LogP) is 4.24. The molecule has 0 radical (unpaired) electrons. The third-order valence-electron chi connectivity index (χ3n) is 3.51. The number of para-hydroxylation sites is 1. The summed E-state index contributed by atoms with van der Waals surface area (Å²) in [6.45, 7) is 1.97. The van der Waals surface area contributed by atoms with E-state index in [0.717, 1.165) is 33.5 Å². The number of aromatic hydroxyl groups is 1. The number of hydrogen-bond donors (Lipinski definition) is 2.